The molecule has 156 valence electrons. The standard InChI is InChI=1S/C22H22N2O5S/c1-15(2)21(22(25)26)24-30(27,28)19-12-8-17(9-13-19)16-6-10-18(11-7-16)29-20-5-3-4-14-23-20/h3-15,21,24H,1-2H3,(H,25,26)/t21-/m1/s1. The quantitative estimate of drug-likeness (QED) is 0.565. The Morgan fingerprint density at radius 2 is 1.57 bits per heavy atom. The van der Waals surface area contributed by atoms with Crippen molar-refractivity contribution in [2.45, 2.75) is 24.8 Å². The fourth-order valence-corrected chi connectivity index (χ4v) is 4.11. The lowest BCUT2D eigenvalue weighted by Crippen LogP contribution is -2.44. The normalized spacial score (nSPS) is 12.5. The summed E-state index contributed by atoms with van der Waals surface area (Å²) < 4.78 is 33.0. The maximum atomic E-state index is 12.5. The van der Waals surface area contributed by atoms with E-state index in [-0.39, 0.29) is 10.8 Å². The lowest BCUT2D eigenvalue weighted by atomic mass is 10.1. The molecule has 0 radical (unpaired) electrons. The first-order valence-corrected chi connectivity index (χ1v) is 10.8. The molecule has 2 N–H and O–H groups in total. The monoisotopic (exact) mass is 426 g/mol. The Balaban J connectivity index is 1.74. The van der Waals surface area contributed by atoms with Gasteiger partial charge in [0, 0.05) is 12.3 Å². The smallest absolute Gasteiger partial charge is 0.322 e. The van der Waals surface area contributed by atoms with Crippen LogP contribution in [0.25, 0.3) is 11.1 Å². The van der Waals surface area contributed by atoms with E-state index in [9.17, 15) is 18.3 Å². The second-order valence-electron chi connectivity index (χ2n) is 7.00. The van der Waals surface area contributed by atoms with Crippen LogP contribution in [0.5, 0.6) is 11.6 Å². The van der Waals surface area contributed by atoms with Gasteiger partial charge in [-0.1, -0.05) is 44.2 Å². The number of carboxylic acid groups (broad SMARTS) is 1. The Labute approximate surface area is 175 Å². The summed E-state index contributed by atoms with van der Waals surface area (Å²) in [6.07, 6.45) is 1.65. The van der Waals surface area contributed by atoms with E-state index >= 15 is 0 Å². The average Bonchev–Trinajstić information content (AvgIpc) is 2.73. The molecule has 0 saturated carbocycles. The first kappa shape index (κ1) is 21.5. The van der Waals surface area contributed by atoms with E-state index < -0.39 is 22.0 Å². The van der Waals surface area contributed by atoms with Crippen molar-refractivity contribution in [3.05, 3.63) is 72.9 Å². The molecule has 0 fully saturated rings. The fourth-order valence-electron chi connectivity index (χ4n) is 2.78. The van der Waals surface area contributed by atoms with Crippen LogP contribution in [0.15, 0.2) is 77.8 Å². The van der Waals surface area contributed by atoms with Gasteiger partial charge in [0.1, 0.15) is 11.8 Å². The number of rotatable bonds is 8. The molecule has 7 nitrogen and oxygen atoms in total. The number of aliphatic carboxylic acids is 1. The van der Waals surface area contributed by atoms with Crippen molar-refractivity contribution >= 4 is 16.0 Å². The molecule has 0 aliphatic heterocycles. The lowest BCUT2D eigenvalue weighted by Gasteiger charge is -2.18. The van der Waals surface area contributed by atoms with Gasteiger partial charge in [0.2, 0.25) is 15.9 Å². The summed E-state index contributed by atoms with van der Waals surface area (Å²) >= 11 is 0. The van der Waals surface area contributed by atoms with Crippen molar-refractivity contribution in [2.24, 2.45) is 5.92 Å². The number of nitrogens with one attached hydrogen (secondary N) is 1. The van der Waals surface area contributed by atoms with Crippen LogP contribution >= 0.6 is 0 Å². The molecule has 0 saturated heterocycles. The van der Waals surface area contributed by atoms with E-state index in [2.05, 4.69) is 9.71 Å². The average molecular weight is 426 g/mol. The summed E-state index contributed by atoms with van der Waals surface area (Å²) in [5, 5.41) is 9.22. The van der Waals surface area contributed by atoms with E-state index in [0.29, 0.717) is 11.6 Å². The molecule has 0 bridgehead atoms. The Morgan fingerprint density at radius 3 is 2.07 bits per heavy atom. The molecule has 3 aromatic rings. The van der Waals surface area contributed by atoms with E-state index in [0.717, 1.165) is 11.1 Å². The number of sulfonamides is 1. The molecule has 0 aliphatic carbocycles. The number of pyridine rings is 1. The lowest BCUT2D eigenvalue weighted by molar-refractivity contribution is -0.140. The second kappa shape index (κ2) is 9.06. The van der Waals surface area contributed by atoms with Gasteiger partial charge < -0.3 is 9.84 Å². The third kappa shape index (κ3) is 5.22. The predicted molar refractivity (Wildman–Crippen MR) is 113 cm³/mol. The van der Waals surface area contributed by atoms with Crippen LogP contribution in [-0.4, -0.2) is 30.5 Å². The minimum absolute atomic E-state index is 0.00764. The summed E-state index contributed by atoms with van der Waals surface area (Å²) in [6.45, 7) is 3.29. The molecular formula is C22H22N2O5S. The Hall–Kier alpha value is -3.23. The van der Waals surface area contributed by atoms with E-state index in [1.807, 2.05) is 18.2 Å². The van der Waals surface area contributed by atoms with Crippen molar-refractivity contribution in [1.29, 1.82) is 0 Å². The molecule has 0 unspecified atom stereocenters. The molecule has 1 aromatic heterocycles. The number of carboxylic acids is 1. The van der Waals surface area contributed by atoms with Gasteiger partial charge in [0.05, 0.1) is 4.90 Å². The van der Waals surface area contributed by atoms with Crippen molar-refractivity contribution in [3.63, 3.8) is 0 Å². The number of carbonyl (C=O) groups is 1. The molecule has 3 rings (SSSR count). The predicted octanol–water partition coefficient (Wildman–Crippen LogP) is 3.93. The van der Waals surface area contributed by atoms with Crippen molar-refractivity contribution in [2.75, 3.05) is 0 Å². The van der Waals surface area contributed by atoms with Crippen LogP contribution < -0.4 is 9.46 Å². The van der Waals surface area contributed by atoms with Crippen LogP contribution in [0.3, 0.4) is 0 Å². The summed E-state index contributed by atoms with van der Waals surface area (Å²) in [5.41, 5.74) is 1.70. The van der Waals surface area contributed by atoms with Gasteiger partial charge in [0.15, 0.2) is 0 Å². The maximum Gasteiger partial charge on any atom is 0.322 e. The van der Waals surface area contributed by atoms with E-state index in [1.165, 1.54) is 12.1 Å². The fraction of sp³-hybridized carbons (Fsp3) is 0.182. The summed E-state index contributed by atoms with van der Waals surface area (Å²) in [7, 11) is -3.95. The molecule has 2 aromatic carbocycles. The molecule has 0 spiro atoms. The van der Waals surface area contributed by atoms with E-state index in [4.69, 9.17) is 4.74 Å². The summed E-state index contributed by atoms with van der Waals surface area (Å²) in [5.74, 6) is -0.468. The van der Waals surface area contributed by atoms with Gasteiger partial charge in [-0.05, 0) is 47.4 Å². The number of hydrogen-bond acceptors (Lipinski definition) is 5. The van der Waals surface area contributed by atoms with Gasteiger partial charge in [-0.3, -0.25) is 4.79 Å². The van der Waals surface area contributed by atoms with E-state index in [1.54, 1.807) is 56.4 Å². The van der Waals surface area contributed by atoms with Gasteiger partial charge in [-0.2, -0.15) is 4.72 Å². The molecular weight excluding hydrogens is 404 g/mol. The Kier molecular flexibility index (Phi) is 6.49. The van der Waals surface area contributed by atoms with Crippen LogP contribution in [0, 0.1) is 5.92 Å². The summed E-state index contributed by atoms with van der Waals surface area (Å²) in [4.78, 5) is 15.4. The minimum atomic E-state index is -3.95. The van der Waals surface area contributed by atoms with Crippen LogP contribution in [0.2, 0.25) is 0 Å². The van der Waals surface area contributed by atoms with Crippen molar-refractivity contribution < 1.29 is 23.1 Å². The summed E-state index contributed by atoms with van der Waals surface area (Å²) in [6, 6.07) is 17.8. The zero-order valence-electron chi connectivity index (χ0n) is 16.5. The number of ether oxygens (including phenoxy) is 1. The molecule has 0 aliphatic rings. The highest BCUT2D eigenvalue weighted by Gasteiger charge is 2.27. The third-order valence-corrected chi connectivity index (χ3v) is 5.88. The highest BCUT2D eigenvalue weighted by atomic mass is 32.2. The van der Waals surface area contributed by atoms with Gasteiger partial charge >= 0.3 is 5.97 Å². The van der Waals surface area contributed by atoms with Crippen molar-refractivity contribution in [3.8, 4) is 22.8 Å². The zero-order chi connectivity index (χ0) is 21.7. The van der Waals surface area contributed by atoms with Crippen LogP contribution in [0.1, 0.15) is 13.8 Å². The van der Waals surface area contributed by atoms with Gasteiger partial charge in [-0.25, -0.2) is 13.4 Å². The Bertz CT molecular complexity index is 1100. The van der Waals surface area contributed by atoms with Crippen molar-refractivity contribution in [1.82, 2.24) is 9.71 Å². The second-order valence-corrected chi connectivity index (χ2v) is 8.71. The van der Waals surface area contributed by atoms with Gasteiger partial charge in [0.25, 0.3) is 0 Å². The largest absolute Gasteiger partial charge is 0.480 e. The molecule has 1 atom stereocenters. The number of aromatic nitrogens is 1. The maximum absolute atomic E-state index is 12.5. The first-order chi connectivity index (χ1) is 14.3. The topological polar surface area (TPSA) is 106 Å². The Morgan fingerprint density at radius 1 is 0.967 bits per heavy atom. The van der Waals surface area contributed by atoms with Gasteiger partial charge in [-0.15, -0.1) is 0 Å². The molecule has 1 heterocycles. The zero-order valence-corrected chi connectivity index (χ0v) is 17.3. The number of hydrogen-bond donors (Lipinski definition) is 2. The molecule has 0 amide bonds. The third-order valence-electron chi connectivity index (χ3n) is 4.43. The first-order valence-electron chi connectivity index (χ1n) is 9.31. The molecule has 30 heavy (non-hydrogen) atoms. The molecule has 8 heteroatoms. The SMILES string of the molecule is CC(C)[C@@H](NS(=O)(=O)c1ccc(-c2ccc(Oc3ccccn3)cc2)cc1)C(=O)O. The van der Waals surface area contributed by atoms with Crippen LogP contribution in [0.4, 0.5) is 0 Å². The highest BCUT2D eigenvalue weighted by Crippen LogP contribution is 2.26. The number of nitrogens with zero attached hydrogens (tertiary/aromatic N) is 1. The number of benzene rings is 2. The highest BCUT2D eigenvalue weighted by molar-refractivity contribution is 7.89. The van der Waals surface area contributed by atoms with Crippen LogP contribution in [-0.2, 0) is 14.8 Å². The minimum Gasteiger partial charge on any atom is -0.480 e.